The molecular formula is C5H10Cl2N4. The van der Waals surface area contributed by atoms with Crippen LogP contribution in [0.4, 0.5) is 5.82 Å². The van der Waals surface area contributed by atoms with Crippen molar-refractivity contribution >= 4 is 30.6 Å². The normalized spacial score (nSPS) is 7.73. The predicted molar refractivity (Wildman–Crippen MR) is 48.8 cm³/mol. The van der Waals surface area contributed by atoms with Gasteiger partial charge in [-0.3, -0.25) is 4.98 Å². The zero-order valence-corrected chi connectivity index (χ0v) is 7.36. The van der Waals surface area contributed by atoms with Gasteiger partial charge in [0.1, 0.15) is 5.82 Å². The predicted octanol–water partition coefficient (Wildman–Crippen LogP) is 0.361. The molecule has 0 aliphatic heterocycles. The van der Waals surface area contributed by atoms with Crippen LogP contribution >= 0.6 is 24.8 Å². The maximum atomic E-state index is 5.30. The van der Waals surface area contributed by atoms with Gasteiger partial charge < -0.3 is 11.5 Å². The third-order valence-corrected chi connectivity index (χ3v) is 0.912. The molecular weight excluding hydrogens is 187 g/mol. The third kappa shape index (κ3) is 3.98. The van der Waals surface area contributed by atoms with Crippen molar-refractivity contribution in [2.24, 2.45) is 5.73 Å². The summed E-state index contributed by atoms with van der Waals surface area (Å²) in [6.45, 7) is 0.387. The first-order valence-electron chi connectivity index (χ1n) is 2.59. The first-order chi connectivity index (χ1) is 4.33. The smallest absolute Gasteiger partial charge is 0.142 e. The van der Waals surface area contributed by atoms with E-state index in [1.54, 1.807) is 6.20 Å². The summed E-state index contributed by atoms with van der Waals surface area (Å²) < 4.78 is 0. The van der Waals surface area contributed by atoms with Crippen molar-refractivity contribution in [3.63, 3.8) is 0 Å². The summed E-state index contributed by atoms with van der Waals surface area (Å²) in [4.78, 5) is 7.67. The van der Waals surface area contributed by atoms with E-state index in [0.29, 0.717) is 12.4 Å². The lowest BCUT2D eigenvalue weighted by atomic mass is 10.4. The van der Waals surface area contributed by atoms with Crippen LogP contribution in [0.1, 0.15) is 5.69 Å². The third-order valence-electron chi connectivity index (χ3n) is 0.912. The largest absolute Gasteiger partial charge is 0.382 e. The number of nitrogen functional groups attached to an aromatic ring is 1. The summed E-state index contributed by atoms with van der Waals surface area (Å²) in [7, 11) is 0. The van der Waals surface area contributed by atoms with Crippen molar-refractivity contribution in [2.45, 2.75) is 6.54 Å². The molecule has 0 saturated carbocycles. The maximum Gasteiger partial charge on any atom is 0.142 e. The highest BCUT2D eigenvalue weighted by Gasteiger charge is 1.89. The van der Waals surface area contributed by atoms with E-state index in [4.69, 9.17) is 11.5 Å². The van der Waals surface area contributed by atoms with Gasteiger partial charge in [0.2, 0.25) is 0 Å². The Balaban J connectivity index is 0. The maximum absolute atomic E-state index is 5.30. The second-order valence-corrected chi connectivity index (χ2v) is 1.64. The fraction of sp³-hybridized carbons (Fsp3) is 0.200. The average Bonchev–Trinajstić information content (AvgIpc) is 1.88. The van der Waals surface area contributed by atoms with E-state index in [1.165, 1.54) is 6.20 Å². The van der Waals surface area contributed by atoms with Crippen molar-refractivity contribution in [1.29, 1.82) is 0 Å². The van der Waals surface area contributed by atoms with Crippen molar-refractivity contribution in [2.75, 3.05) is 5.73 Å². The second kappa shape index (κ2) is 6.15. The molecule has 11 heavy (non-hydrogen) atoms. The first kappa shape index (κ1) is 13.0. The number of halogens is 2. The summed E-state index contributed by atoms with van der Waals surface area (Å²) in [6, 6.07) is 0. The van der Waals surface area contributed by atoms with Gasteiger partial charge in [-0.2, -0.15) is 0 Å². The van der Waals surface area contributed by atoms with E-state index in [9.17, 15) is 0 Å². The SMILES string of the molecule is Cl.Cl.NCc1cncc(N)n1. The Morgan fingerprint density at radius 1 is 1.27 bits per heavy atom. The Kier molecular flexibility index (Phi) is 7.29. The molecule has 0 amide bonds. The number of rotatable bonds is 1. The van der Waals surface area contributed by atoms with Gasteiger partial charge in [-0.05, 0) is 0 Å². The van der Waals surface area contributed by atoms with Crippen LogP contribution in [-0.4, -0.2) is 9.97 Å². The number of nitrogens with two attached hydrogens (primary N) is 2. The van der Waals surface area contributed by atoms with Gasteiger partial charge >= 0.3 is 0 Å². The van der Waals surface area contributed by atoms with Gasteiger partial charge in [0.15, 0.2) is 0 Å². The Morgan fingerprint density at radius 3 is 2.27 bits per heavy atom. The lowest BCUT2D eigenvalue weighted by Crippen LogP contribution is -2.02. The van der Waals surface area contributed by atoms with Crippen LogP contribution in [0.25, 0.3) is 0 Å². The van der Waals surface area contributed by atoms with E-state index < -0.39 is 0 Å². The molecule has 4 nitrogen and oxygen atoms in total. The highest BCUT2D eigenvalue weighted by Crippen LogP contribution is 1.93. The highest BCUT2D eigenvalue weighted by molar-refractivity contribution is 5.85. The minimum Gasteiger partial charge on any atom is -0.382 e. The van der Waals surface area contributed by atoms with Crippen LogP contribution in [0.15, 0.2) is 12.4 Å². The molecule has 1 aromatic rings. The van der Waals surface area contributed by atoms with Crippen LogP contribution in [-0.2, 0) is 6.54 Å². The molecule has 0 saturated heterocycles. The molecule has 6 heteroatoms. The molecule has 0 fully saturated rings. The minimum absolute atomic E-state index is 0. The Morgan fingerprint density at radius 2 is 1.91 bits per heavy atom. The molecule has 0 aromatic carbocycles. The van der Waals surface area contributed by atoms with Crippen LogP contribution < -0.4 is 11.5 Å². The number of hydrogen-bond acceptors (Lipinski definition) is 4. The molecule has 0 spiro atoms. The van der Waals surface area contributed by atoms with Crippen molar-refractivity contribution in [3.8, 4) is 0 Å². The quantitative estimate of drug-likeness (QED) is 0.681. The number of nitrogens with zero attached hydrogens (tertiary/aromatic N) is 2. The van der Waals surface area contributed by atoms with Crippen molar-refractivity contribution in [3.05, 3.63) is 18.1 Å². The van der Waals surface area contributed by atoms with Crippen molar-refractivity contribution < 1.29 is 0 Å². The second-order valence-electron chi connectivity index (χ2n) is 1.64. The zero-order valence-electron chi connectivity index (χ0n) is 5.73. The van der Waals surface area contributed by atoms with Gasteiger partial charge in [-0.15, -0.1) is 24.8 Å². The summed E-state index contributed by atoms with van der Waals surface area (Å²) in [5, 5.41) is 0. The highest BCUT2D eigenvalue weighted by atomic mass is 35.5. The molecule has 1 rings (SSSR count). The molecule has 1 aromatic heterocycles. The lowest BCUT2D eigenvalue weighted by Gasteiger charge is -1.93. The molecule has 1 heterocycles. The van der Waals surface area contributed by atoms with Crippen LogP contribution in [0.2, 0.25) is 0 Å². The average molecular weight is 197 g/mol. The van der Waals surface area contributed by atoms with E-state index >= 15 is 0 Å². The first-order valence-corrected chi connectivity index (χ1v) is 2.59. The van der Waals surface area contributed by atoms with Gasteiger partial charge in [0.05, 0.1) is 11.9 Å². The molecule has 0 aliphatic carbocycles. The van der Waals surface area contributed by atoms with Crippen LogP contribution in [0.5, 0.6) is 0 Å². The lowest BCUT2D eigenvalue weighted by molar-refractivity contribution is 0.969. The van der Waals surface area contributed by atoms with Crippen LogP contribution in [0, 0.1) is 0 Å². The van der Waals surface area contributed by atoms with Crippen LogP contribution in [0.3, 0.4) is 0 Å². The molecule has 0 atom stereocenters. The van der Waals surface area contributed by atoms with Gasteiger partial charge in [-0.1, -0.05) is 0 Å². The standard InChI is InChI=1S/C5H8N4.2ClH/c6-1-4-2-8-3-5(7)9-4;;/h2-3H,1,6H2,(H2,7,9);2*1H. The van der Waals surface area contributed by atoms with E-state index in [-0.39, 0.29) is 24.8 Å². The number of anilines is 1. The minimum atomic E-state index is 0. The molecule has 0 radical (unpaired) electrons. The fourth-order valence-corrected chi connectivity index (χ4v) is 0.522. The monoisotopic (exact) mass is 196 g/mol. The fourth-order valence-electron chi connectivity index (χ4n) is 0.522. The molecule has 0 unspecified atom stereocenters. The topological polar surface area (TPSA) is 77.8 Å². The van der Waals surface area contributed by atoms with E-state index in [2.05, 4.69) is 9.97 Å². The summed E-state index contributed by atoms with van der Waals surface area (Å²) in [5.74, 6) is 0.415. The van der Waals surface area contributed by atoms with Gasteiger partial charge in [0, 0.05) is 12.7 Å². The molecule has 0 aliphatic rings. The molecule has 4 N–H and O–H groups in total. The summed E-state index contributed by atoms with van der Waals surface area (Å²) >= 11 is 0. The summed E-state index contributed by atoms with van der Waals surface area (Å²) in [5.41, 5.74) is 11.3. The molecule has 64 valence electrons. The van der Waals surface area contributed by atoms with E-state index in [1.807, 2.05) is 0 Å². The number of aromatic nitrogens is 2. The molecule has 0 bridgehead atoms. The van der Waals surface area contributed by atoms with E-state index in [0.717, 1.165) is 5.69 Å². The number of hydrogen-bond donors (Lipinski definition) is 2. The zero-order chi connectivity index (χ0) is 6.69. The Hall–Kier alpha value is -0.580. The van der Waals surface area contributed by atoms with Crippen molar-refractivity contribution in [1.82, 2.24) is 9.97 Å². The Bertz CT molecular complexity index is 205. The Labute approximate surface area is 77.2 Å². The summed E-state index contributed by atoms with van der Waals surface area (Å²) in [6.07, 6.45) is 3.08. The van der Waals surface area contributed by atoms with Gasteiger partial charge in [-0.25, -0.2) is 4.98 Å². The van der Waals surface area contributed by atoms with Gasteiger partial charge in [0.25, 0.3) is 0 Å².